The van der Waals surface area contributed by atoms with Gasteiger partial charge >= 0.3 is 12.1 Å². The second-order valence-electron chi connectivity index (χ2n) is 5.75. The normalized spacial score (nSPS) is 17.7. The minimum atomic E-state index is -0.687. The Morgan fingerprint density at radius 1 is 1.33 bits per heavy atom. The van der Waals surface area contributed by atoms with Gasteiger partial charge in [-0.25, -0.2) is 14.6 Å². The van der Waals surface area contributed by atoms with Crippen molar-refractivity contribution in [2.45, 2.75) is 32.5 Å². The third-order valence-corrected chi connectivity index (χ3v) is 3.56. The molecule has 0 aliphatic carbocycles. The predicted octanol–water partition coefficient (Wildman–Crippen LogP) is 1.91. The van der Waals surface area contributed by atoms with Crippen molar-refractivity contribution in [1.29, 1.82) is 0 Å². The molecule has 0 saturated carbocycles. The van der Waals surface area contributed by atoms with Gasteiger partial charge in [0.15, 0.2) is 6.04 Å². The zero-order valence-electron chi connectivity index (χ0n) is 14.0. The number of amides is 1. The van der Waals surface area contributed by atoms with Gasteiger partial charge in [0.2, 0.25) is 5.90 Å². The van der Waals surface area contributed by atoms with Crippen molar-refractivity contribution >= 4 is 18.0 Å². The van der Waals surface area contributed by atoms with E-state index in [1.807, 2.05) is 44.2 Å². The first-order chi connectivity index (χ1) is 11.5. The number of esters is 1. The van der Waals surface area contributed by atoms with Crippen molar-refractivity contribution < 1.29 is 23.8 Å². The third kappa shape index (κ3) is 4.71. The van der Waals surface area contributed by atoms with E-state index in [1.165, 1.54) is 7.11 Å². The second kappa shape index (κ2) is 8.33. The highest BCUT2D eigenvalue weighted by molar-refractivity contribution is 5.90. The van der Waals surface area contributed by atoms with E-state index in [0.717, 1.165) is 5.56 Å². The van der Waals surface area contributed by atoms with E-state index < -0.39 is 24.1 Å². The molecule has 1 aromatic carbocycles. The Labute approximate surface area is 141 Å². The monoisotopic (exact) mass is 334 g/mol. The van der Waals surface area contributed by atoms with Gasteiger partial charge in [0.25, 0.3) is 0 Å². The summed E-state index contributed by atoms with van der Waals surface area (Å²) in [5.74, 6) is -0.124. The van der Waals surface area contributed by atoms with Crippen LogP contribution in [0, 0.1) is 5.92 Å². The summed E-state index contributed by atoms with van der Waals surface area (Å²) in [6, 6.07) is 8.24. The molecule has 2 rings (SSSR count). The molecule has 0 radical (unpaired) electrons. The van der Waals surface area contributed by atoms with Crippen LogP contribution >= 0.6 is 0 Å². The van der Waals surface area contributed by atoms with Crippen LogP contribution in [0.15, 0.2) is 35.3 Å². The zero-order valence-corrected chi connectivity index (χ0v) is 14.0. The molecule has 1 aliphatic heterocycles. The topological polar surface area (TPSA) is 86.2 Å². The lowest BCUT2D eigenvalue weighted by atomic mass is 10.0. The number of alkyl carbamates (subject to hydrolysis) is 1. The molecule has 130 valence electrons. The number of aliphatic imine (C=N–C) groups is 1. The van der Waals surface area contributed by atoms with Crippen molar-refractivity contribution in [2.75, 3.05) is 13.7 Å². The molecule has 0 spiro atoms. The first-order valence-electron chi connectivity index (χ1n) is 7.76. The average molecular weight is 334 g/mol. The zero-order chi connectivity index (χ0) is 17.5. The van der Waals surface area contributed by atoms with Crippen LogP contribution in [-0.2, 0) is 25.6 Å². The second-order valence-corrected chi connectivity index (χ2v) is 5.75. The molecular weight excluding hydrogens is 312 g/mol. The highest BCUT2D eigenvalue weighted by atomic mass is 16.6. The molecule has 0 aromatic heterocycles. The van der Waals surface area contributed by atoms with E-state index in [0.29, 0.717) is 5.90 Å². The lowest BCUT2D eigenvalue weighted by Gasteiger charge is -2.21. The van der Waals surface area contributed by atoms with Crippen molar-refractivity contribution in [2.24, 2.45) is 10.9 Å². The van der Waals surface area contributed by atoms with E-state index in [4.69, 9.17) is 9.47 Å². The summed E-state index contributed by atoms with van der Waals surface area (Å²) in [4.78, 5) is 27.7. The molecule has 1 N–H and O–H groups in total. The molecule has 0 bridgehead atoms. The van der Waals surface area contributed by atoms with Crippen LogP contribution in [0.25, 0.3) is 0 Å². The van der Waals surface area contributed by atoms with Crippen molar-refractivity contribution in [3.05, 3.63) is 35.9 Å². The van der Waals surface area contributed by atoms with Crippen LogP contribution in [0.5, 0.6) is 0 Å². The van der Waals surface area contributed by atoms with Gasteiger partial charge in [-0.05, 0) is 11.5 Å². The number of nitrogens with one attached hydrogen (secondary N) is 1. The number of rotatable bonds is 6. The Bertz CT molecular complexity index is 600. The summed E-state index contributed by atoms with van der Waals surface area (Å²) < 4.78 is 15.3. The Kier molecular flexibility index (Phi) is 6.17. The molecular formula is C17H22N2O5. The Balaban J connectivity index is 1.94. The van der Waals surface area contributed by atoms with E-state index in [-0.39, 0.29) is 19.1 Å². The highest BCUT2D eigenvalue weighted by Crippen LogP contribution is 2.14. The first-order valence-corrected chi connectivity index (χ1v) is 7.76. The molecule has 0 unspecified atom stereocenters. The molecule has 1 aromatic rings. The summed E-state index contributed by atoms with van der Waals surface area (Å²) in [5.41, 5.74) is 0.897. The van der Waals surface area contributed by atoms with Gasteiger partial charge in [0.1, 0.15) is 19.3 Å². The Morgan fingerprint density at radius 3 is 2.67 bits per heavy atom. The highest BCUT2D eigenvalue weighted by Gasteiger charge is 2.33. The number of benzene rings is 1. The maximum Gasteiger partial charge on any atom is 0.408 e. The van der Waals surface area contributed by atoms with Crippen LogP contribution < -0.4 is 5.32 Å². The quantitative estimate of drug-likeness (QED) is 0.803. The van der Waals surface area contributed by atoms with Crippen LogP contribution in [-0.4, -0.2) is 43.8 Å². The van der Waals surface area contributed by atoms with E-state index in [9.17, 15) is 9.59 Å². The van der Waals surface area contributed by atoms with Crippen molar-refractivity contribution in [1.82, 2.24) is 5.32 Å². The summed E-state index contributed by atoms with van der Waals surface area (Å²) in [6.45, 7) is 4.13. The molecule has 1 amide bonds. The van der Waals surface area contributed by atoms with Gasteiger partial charge in [-0.1, -0.05) is 44.2 Å². The fraction of sp³-hybridized carbons (Fsp3) is 0.471. The molecule has 1 aliphatic rings. The molecule has 0 fully saturated rings. The number of hydrogen-bond acceptors (Lipinski definition) is 6. The third-order valence-electron chi connectivity index (χ3n) is 3.56. The smallest absolute Gasteiger partial charge is 0.408 e. The number of carbonyl (C=O) groups excluding carboxylic acids is 2. The largest absolute Gasteiger partial charge is 0.477 e. The molecule has 24 heavy (non-hydrogen) atoms. The molecule has 7 nitrogen and oxygen atoms in total. The molecule has 0 saturated heterocycles. The fourth-order valence-electron chi connectivity index (χ4n) is 2.22. The standard InChI is InChI=1S/C17H22N2O5/c1-11(2)14(15-18-13(10-23-15)16(20)22-3)19-17(21)24-9-12-7-5-4-6-8-12/h4-8,11,13-14H,9-10H2,1-3H3,(H,19,21)/t13-,14+/m0/s1. The number of carbonyl (C=O) groups is 2. The first kappa shape index (κ1) is 17.8. The summed E-state index contributed by atoms with van der Waals surface area (Å²) in [5, 5.41) is 2.74. The number of methoxy groups -OCH3 is 1. The van der Waals surface area contributed by atoms with Crippen LogP contribution in [0.4, 0.5) is 4.79 Å². The molecule has 2 atom stereocenters. The summed E-state index contributed by atoms with van der Waals surface area (Å²) in [7, 11) is 1.30. The van der Waals surface area contributed by atoms with E-state index >= 15 is 0 Å². The molecule has 7 heteroatoms. The van der Waals surface area contributed by atoms with Gasteiger partial charge in [-0.15, -0.1) is 0 Å². The van der Waals surface area contributed by atoms with Gasteiger partial charge in [0, 0.05) is 0 Å². The lowest BCUT2D eigenvalue weighted by Crippen LogP contribution is -2.44. The summed E-state index contributed by atoms with van der Waals surface area (Å²) >= 11 is 0. The maximum atomic E-state index is 12.0. The van der Waals surface area contributed by atoms with Crippen molar-refractivity contribution in [3.63, 3.8) is 0 Å². The maximum absolute atomic E-state index is 12.0. The van der Waals surface area contributed by atoms with Gasteiger partial charge in [-0.3, -0.25) is 0 Å². The van der Waals surface area contributed by atoms with E-state index in [2.05, 4.69) is 15.0 Å². The Hall–Kier alpha value is -2.57. The minimum absolute atomic E-state index is 0.0180. The number of hydrogen-bond donors (Lipinski definition) is 1. The average Bonchev–Trinajstić information content (AvgIpc) is 3.07. The van der Waals surface area contributed by atoms with Gasteiger partial charge < -0.3 is 19.5 Å². The van der Waals surface area contributed by atoms with Gasteiger partial charge in [-0.2, -0.15) is 0 Å². The van der Waals surface area contributed by atoms with Crippen LogP contribution in [0.1, 0.15) is 19.4 Å². The lowest BCUT2D eigenvalue weighted by molar-refractivity contribution is -0.142. The molecule has 1 heterocycles. The predicted molar refractivity (Wildman–Crippen MR) is 87.6 cm³/mol. The fourth-order valence-corrected chi connectivity index (χ4v) is 2.22. The van der Waals surface area contributed by atoms with Crippen LogP contribution in [0.2, 0.25) is 0 Å². The minimum Gasteiger partial charge on any atom is -0.477 e. The summed E-state index contributed by atoms with van der Waals surface area (Å²) in [6.07, 6.45) is -0.564. The SMILES string of the molecule is COC(=O)[C@@H]1COC([C@H](NC(=O)OCc2ccccc2)C(C)C)=N1. The number of nitrogens with zero attached hydrogens (tertiary/aromatic N) is 1. The number of ether oxygens (including phenoxy) is 3. The van der Waals surface area contributed by atoms with Crippen molar-refractivity contribution in [3.8, 4) is 0 Å². The van der Waals surface area contributed by atoms with Gasteiger partial charge in [0.05, 0.1) is 7.11 Å². The van der Waals surface area contributed by atoms with Crippen LogP contribution in [0.3, 0.4) is 0 Å². The van der Waals surface area contributed by atoms with E-state index in [1.54, 1.807) is 0 Å². The Morgan fingerprint density at radius 2 is 2.04 bits per heavy atom.